The highest BCUT2D eigenvalue weighted by molar-refractivity contribution is 9.10. The first-order chi connectivity index (χ1) is 7.75. The van der Waals surface area contributed by atoms with Crippen molar-refractivity contribution in [3.63, 3.8) is 0 Å². The monoisotopic (exact) mass is 303 g/mol. The van der Waals surface area contributed by atoms with Crippen LogP contribution in [0.5, 0.6) is 0 Å². The summed E-state index contributed by atoms with van der Waals surface area (Å²) in [5.74, 6) is 0.601. The van der Waals surface area contributed by atoms with Crippen molar-refractivity contribution in [3.05, 3.63) is 27.7 Å². The van der Waals surface area contributed by atoms with E-state index in [1.54, 1.807) is 0 Å². The van der Waals surface area contributed by atoms with Crippen LogP contribution in [0.3, 0.4) is 0 Å². The van der Waals surface area contributed by atoms with E-state index in [1.807, 2.05) is 18.2 Å². The van der Waals surface area contributed by atoms with Crippen LogP contribution in [0.4, 0.5) is 5.69 Å². The molecule has 1 N–H and O–H groups in total. The number of nitrogens with one attached hydrogen (secondary N) is 1. The first-order valence-corrected chi connectivity index (χ1v) is 6.69. The normalized spacial score (nSPS) is 20.8. The van der Waals surface area contributed by atoms with Gasteiger partial charge in [-0.1, -0.05) is 27.5 Å². The average molecular weight is 305 g/mol. The molecule has 1 aromatic carbocycles. The maximum absolute atomic E-state index is 6.10. The van der Waals surface area contributed by atoms with Crippen molar-refractivity contribution < 1.29 is 4.74 Å². The molecule has 1 saturated heterocycles. The highest BCUT2D eigenvalue weighted by Crippen LogP contribution is 2.26. The van der Waals surface area contributed by atoms with Crippen LogP contribution in [0.25, 0.3) is 0 Å². The van der Waals surface area contributed by atoms with Crippen LogP contribution >= 0.6 is 27.5 Å². The number of halogens is 2. The molecule has 16 heavy (non-hydrogen) atoms. The molecule has 0 aromatic heterocycles. The molecule has 1 unspecified atom stereocenters. The van der Waals surface area contributed by atoms with Crippen molar-refractivity contribution in [3.8, 4) is 0 Å². The molecule has 0 radical (unpaired) electrons. The van der Waals surface area contributed by atoms with E-state index < -0.39 is 0 Å². The SMILES string of the molecule is Clc1ccc(Br)cc1NCC1CCCOC1. The van der Waals surface area contributed by atoms with Gasteiger partial charge in [-0.2, -0.15) is 0 Å². The molecule has 1 atom stereocenters. The summed E-state index contributed by atoms with van der Waals surface area (Å²) < 4.78 is 6.48. The summed E-state index contributed by atoms with van der Waals surface area (Å²) in [7, 11) is 0. The van der Waals surface area contributed by atoms with Crippen LogP contribution in [0.15, 0.2) is 22.7 Å². The molecule has 4 heteroatoms. The highest BCUT2D eigenvalue weighted by atomic mass is 79.9. The van der Waals surface area contributed by atoms with Gasteiger partial charge in [-0.25, -0.2) is 0 Å². The largest absolute Gasteiger partial charge is 0.383 e. The molecular weight excluding hydrogens is 289 g/mol. The maximum atomic E-state index is 6.10. The number of hydrogen-bond donors (Lipinski definition) is 1. The molecule has 1 aliphatic rings. The predicted octanol–water partition coefficient (Wildman–Crippen LogP) is 3.94. The van der Waals surface area contributed by atoms with Gasteiger partial charge in [0.15, 0.2) is 0 Å². The molecule has 1 fully saturated rings. The first kappa shape index (κ1) is 12.2. The smallest absolute Gasteiger partial charge is 0.0638 e. The molecule has 0 amide bonds. The standard InChI is InChI=1S/C12H15BrClNO/c13-10-3-4-11(14)12(6-10)15-7-9-2-1-5-16-8-9/h3-4,6,9,15H,1-2,5,7-8H2. The topological polar surface area (TPSA) is 21.3 Å². The Morgan fingerprint density at radius 1 is 1.50 bits per heavy atom. The van der Waals surface area contributed by atoms with Crippen LogP contribution < -0.4 is 5.32 Å². The molecule has 0 aliphatic carbocycles. The predicted molar refractivity (Wildman–Crippen MR) is 71.2 cm³/mol. The molecule has 0 bridgehead atoms. The summed E-state index contributed by atoms with van der Waals surface area (Å²) in [6.45, 7) is 2.70. The molecule has 0 spiro atoms. The van der Waals surface area contributed by atoms with Gasteiger partial charge in [0.1, 0.15) is 0 Å². The Labute approximate surface area is 109 Å². The van der Waals surface area contributed by atoms with Gasteiger partial charge in [0, 0.05) is 17.6 Å². The van der Waals surface area contributed by atoms with E-state index in [4.69, 9.17) is 16.3 Å². The lowest BCUT2D eigenvalue weighted by molar-refractivity contribution is 0.0595. The summed E-state index contributed by atoms with van der Waals surface area (Å²) >= 11 is 9.54. The summed E-state index contributed by atoms with van der Waals surface area (Å²) in [5.41, 5.74) is 0.988. The molecular formula is C12H15BrClNO. The maximum Gasteiger partial charge on any atom is 0.0638 e. The van der Waals surface area contributed by atoms with E-state index in [0.717, 1.165) is 34.9 Å². The van der Waals surface area contributed by atoms with Crippen molar-refractivity contribution in [2.45, 2.75) is 12.8 Å². The second-order valence-corrected chi connectivity index (χ2v) is 5.41. The van der Waals surface area contributed by atoms with E-state index >= 15 is 0 Å². The zero-order chi connectivity index (χ0) is 11.4. The molecule has 88 valence electrons. The molecule has 2 rings (SSSR count). The number of ether oxygens (including phenoxy) is 1. The van der Waals surface area contributed by atoms with Crippen molar-refractivity contribution in [2.24, 2.45) is 5.92 Å². The Balaban J connectivity index is 1.90. The quantitative estimate of drug-likeness (QED) is 0.913. The fourth-order valence-electron chi connectivity index (χ4n) is 1.86. The molecule has 1 heterocycles. The van der Waals surface area contributed by atoms with Crippen LogP contribution in [-0.4, -0.2) is 19.8 Å². The summed E-state index contributed by atoms with van der Waals surface area (Å²) in [5, 5.41) is 4.15. The Morgan fingerprint density at radius 2 is 2.38 bits per heavy atom. The second kappa shape index (κ2) is 5.89. The van der Waals surface area contributed by atoms with Crippen LogP contribution in [-0.2, 0) is 4.74 Å². The lowest BCUT2D eigenvalue weighted by Crippen LogP contribution is -2.24. The van der Waals surface area contributed by atoms with Crippen molar-refractivity contribution in [2.75, 3.05) is 25.1 Å². The van der Waals surface area contributed by atoms with Crippen LogP contribution in [0.1, 0.15) is 12.8 Å². The van der Waals surface area contributed by atoms with Gasteiger partial charge in [0.2, 0.25) is 0 Å². The van der Waals surface area contributed by atoms with E-state index in [0.29, 0.717) is 5.92 Å². The Kier molecular flexibility index (Phi) is 4.50. The molecule has 1 aliphatic heterocycles. The Bertz CT molecular complexity index is 353. The lowest BCUT2D eigenvalue weighted by atomic mass is 10.0. The number of rotatable bonds is 3. The summed E-state index contributed by atoms with van der Waals surface area (Å²) in [6.07, 6.45) is 2.40. The van der Waals surface area contributed by atoms with Gasteiger partial charge >= 0.3 is 0 Å². The third kappa shape index (κ3) is 3.37. The van der Waals surface area contributed by atoms with E-state index in [-0.39, 0.29) is 0 Å². The number of hydrogen-bond acceptors (Lipinski definition) is 2. The summed E-state index contributed by atoms with van der Waals surface area (Å²) in [4.78, 5) is 0. The van der Waals surface area contributed by atoms with Crippen molar-refractivity contribution in [1.82, 2.24) is 0 Å². The van der Waals surface area contributed by atoms with Crippen LogP contribution in [0.2, 0.25) is 5.02 Å². The van der Waals surface area contributed by atoms with Gasteiger partial charge in [-0.05, 0) is 37.0 Å². The van der Waals surface area contributed by atoms with Crippen molar-refractivity contribution in [1.29, 1.82) is 0 Å². The third-order valence-electron chi connectivity index (χ3n) is 2.76. The zero-order valence-corrected chi connectivity index (χ0v) is 11.4. The number of benzene rings is 1. The number of anilines is 1. The fourth-order valence-corrected chi connectivity index (χ4v) is 2.40. The molecule has 2 nitrogen and oxygen atoms in total. The lowest BCUT2D eigenvalue weighted by Gasteiger charge is -2.23. The van der Waals surface area contributed by atoms with E-state index in [1.165, 1.54) is 12.8 Å². The molecule has 0 saturated carbocycles. The van der Waals surface area contributed by atoms with Gasteiger partial charge in [0.05, 0.1) is 17.3 Å². The van der Waals surface area contributed by atoms with E-state index in [9.17, 15) is 0 Å². The minimum atomic E-state index is 0.601. The average Bonchev–Trinajstić information content (AvgIpc) is 2.32. The van der Waals surface area contributed by atoms with Gasteiger partial charge in [0.25, 0.3) is 0 Å². The van der Waals surface area contributed by atoms with Crippen LogP contribution in [0, 0.1) is 5.92 Å². The van der Waals surface area contributed by atoms with Gasteiger partial charge in [-0.15, -0.1) is 0 Å². The fraction of sp³-hybridized carbons (Fsp3) is 0.500. The highest BCUT2D eigenvalue weighted by Gasteiger charge is 2.13. The Morgan fingerprint density at radius 3 is 3.12 bits per heavy atom. The first-order valence-electron chi connectivity index (χ1n) is 5.52. The zero-order valence-electron chi connectivity index (χ0n) is 9.01. The molecule has 1 aromatic rings. The second-order valence-electron chi connectivity index (χ2n) is 4.09. The third-order valence-corrected chi connectivity index (χ3v) is 3.59. The van der Waals surface area contributed by atoms with Gasteiger partial charge in [-0.3, -0.25) is 0 Å². The van der Waals surface area contributed by atoms with Gasteiger partial charge < -0.3 is 10.1 Å². The van der Waals surface area contributed by atoms with E-state index in [2.05, 4.69) is 21.2 Å². The summed E-state index contributed by atoms with van der Waals surface area (Å²) in [6, 6.07) is 5.84. The van der Waals surface area contributed by atoms with Crippen molar-refractivity contribution >= 4 is 33.2 Å². The minimum absolute atomic E-state index is 0.601. The Hall–Kier alpha value is -0.250. The minimum Gasteiger partial charge on any atom is -0.383 e.